The molecule has 2 saturated heterocycles. The molecule has 3 heterocycles. The maximum Gasteiger partial charge on any atom is 0.237 e. The summed E-state index contributed by atoms with van der Waals surface area (Å²) in [5, 5.41) is 3.20. The number of hydrogen-bond acceptors (Lipinski definition) is 4. The first kappa shape index (κ1) is 21.0. The summed E-state index contributed by atoms with van der Waals surface area (Å²) in [6.45, 7) is 9.71. The molecule has 0 radical (unpaired) electrons. The number of nitrogens with one attached hydrogen (secondary N) is 1. The summed E-state index contributed by atoms with van der Waals surface area (Å²) in [4.78, 5) is 21.8. The SMILES string of the molecule is CC(C)CCN1CCC(c2ccc(N(C(=O)C3CNC3)c3cccnc3)cc2)CC1. The smallest absolute Gasteiger partial charge is 0.237 e. The van der Waals surface area contributed by atoms with Crippen LogP contribution in [0.3, 0.4) is 0 Å². The average Bonchev–Trinajstić information content (AvgIpc) is 2.73. The number of hydrogen-bond donors (Lipinski definition) is 1. The van der Waals surface area contributed by atoms with Crippen LogP contribution in [0.1, 0.15) is 44.6 Å². The van der Waals surface area contributed by atoms with Gasteiger partial charge in [-0.1, -0.05) is 26.0 Å². The molecule has 0 saturated carbocycles. The summed E-state index contributed by atoms with van der Waals surface area (Å²) < 4.78 is 0. The maximum atomic E-state index is 13.1. The predicted octanol–water partition coefficient (Wildman–Crippen LogP) is 4.19. The fourth-order valence-electron chi connectivity index (χ4n) is 4.36. The van der Waals surface area contributed by atoms with Crippen LogP contribution in [0.15, 0.2) is 48.8 Å². The maximum absolute atomic E-state index is 13.1. The highest BCUT2D eigenvalue weighted by atomic mass is 16.2. The van der Waals surface area contributed by atoms with E-state index in [-0.39, 0.29) is 11.8 Å². The van der Waals surface area contributed by atoms with E-state index in [1.54, 1.807) is 12.4 Å². The molecule has 5 nitrogen and oxygen atoms in total. The van der Waals surface area contributed by atoms with Crippen LogP contribution in [0.5, 0.6) is 0 Å². The van der Waals surface area contributed by atoms with E-state index in [0.29, 0.717) is 5.92 Å². The molecule has 5 heteroatoms. The lowest BCUT2D eigenvalue weighted by atomic mass is 9.89. The normalized spacial score (nSPS) is 18.4. The van der Waals surface area contributed by atoms with Crippen molar-refractivity contribution < 1.29 is 4.79 Å². The van der Waals surface area contributed by atoms with Crippen molar-refractivity contribution >= 4 is 17.3 Å². The highest BCUT2D eigenvalue weighted by molar-refractivity contribution is 6.02. The van der Waals surface area contributed by atoms with Gasteiger partial charge in [0.2, 0.25) is 5.91 Å². The zero-order valence-electron chi connectivity index (χ0n) is 18.3. The molecule has 1 N–H and O–H groups in total. The summed E-state index contributed by atoms with van der Waals surface area (Å²) >= 11 is 0. The zero-order valence-corrected chi connectivity index (χ0v) is 18.3. The molecule has 0 spiro atoms. The Kier molecular flexibility index (Phi) is 6.80. The Morgan fingerprint density at radius 1 is 1.13 bits per heavy atom. The molecule has 1 aromatic carbocycles. The number of amides is 1. The van der Waals surface area contributed by atoms with Crippen LogP contribution < -0.4 is 10.2 Å². The summed E-state index contributed by atoms with van der Waals surface area (Å²) in [5.41, 5.74) is 3.16. The van der Waals surface area contributed by atoms with Crippen LogP contribution in [0.4, 0.5) is 11.4 Å². The van der Waals surface area contributed by atoms with Crippen molar-refractivity contribution in [1.29, 1.82) is 0 Å². The molecule has 0 unspecified atom stereocenters. The van der Waals surface area contributed by atoms with Crippen LogP contribution >= 0.6 is 0 Å². The zero-order chi connectivity index (χ0) is 20.9. The van der Waals surface area contributed by atoms with Crippen molar-refractivity contribution in [3.8, 4) is 0 Å². The van der Waals surface area contributed by atoms with Crippen molar-refractivity contribution in [2.45, 2.75) is 39.0 Å². The second kappa shape index (κ2) is 9.71. The minimum Gasteiger partial charge on any atom is -0.315 e. The van der Waals surface area contributed by atoms with Gasteiger partial charge in [0.1, 0.15) is 0 Å². The Labute approximate surface area is 180 Å². The van der Waals surface area contributed by atoms with Crippen LogP contribution in [0, 0.1) is 11.8 Å². The highest BCUT2D eigenvalue weighted by Crippen LogP contribution is 2.32. The summed E-state index contributed by atoms with van der Waals surface area (Å²) in [5.74, 6) is 1.58. The molecule has 4 rings (SSSR count). The fraction of sp³-hybridized carbons (Fsp3) is 0.520. The van der Waals surface area contributed by atoms with E-state index < -0.39 is 0 Å². The fourth-order valence-corrected chi connectivity index (χ4v) is 4.36. The topological polar surface area (TPSA) is 48.5 Å². The second-order valence-corrected chi connectivity index (χ2v) is 9.13. The monoisotopic (exact) mass is 406 g/mol. The van der Waals surface area contributed by atoms with Gasteiger partial charge in [0.05, 0.1) is 17.8 Å². The van der Waals surface area contributed by atoms with E-state index >= 15 is 0 Å². The first-order valence-corrected chi connectivity index (χ1v) is 11.4. The summed E-state index contributed by atoms with van der Waals surface area (Å²) in [6.07, 6.45) is 7.24. The Morgan fingerprint density at radius 2 is 1.87 bits per heavy atom. The van der Waals surface area contributed by atoms with Crippen LogP contribution in [-0.2, 0) is 4.79 Å². The van der Waals surface area contributed by atoms with Crippen molar-refractivity contribution in [2.75, 3.05) is 37.6 Å². The number of carbonyl (C=O) groups is 1. The molecular formula is C25H34N4O. The standard InChI is InChI=1S/C25H34N4O/c1-19(2)9-13-28-14-10-21(11-15-28)20-5-7-23(8-6-20)29(24-4-3-12-26-18-24)25(30)22-16-27-17-22/h3-8,12,18-19,21-22,27H,9-11,13-17H2,1-2H3. The van der Waals surface area contributed by atoms with Gasteiger partial charge in [-0.15, -0.1) is 0 Å². The molecule has 2 fully saturated rings. The van der Waals surface area contributed by atoms with Gasteiger partial charge in [0, 0.05) is 25.0 Å². The molecule has 2 aliphatic heterocycles. The molecule has 0 aliphatic carbocycles. The third-order valence-corrected chi connectivity index (χ3v) is 6.49. The number of pyridine rings is 1. The van der Waals surface area contributed by atoms with Crippen molar-refractivity contribution in [3.05, 3.63) is 54.4 Å². The summed E-state index contributed by atoms with van der Waals surface area (Å²) in [7, 11) is 0. The van der Waals surface area contributed by atoms with E-state index in [9.17, 15) is 4.79 Å². The van der Waals surface area contributed by atoms with E-state index in [2.05, 4.69) is 53.3 Å². The molecule has 0 bridgehead atoms. The van der Waals surface area contributed by atoms with Crippen molar-refractivity contribution in [1.82, 2.24) is 15.2 Å². The number of nitrogens with zero attached hydrogens (tertiary/aromatic N) is 3. The third kappa shape index (κ3) is 4.90. The first-order chi connectivity index (χ1) is 14.6. The Morgan fingerprint density at radius 3 is 2.43 bits per heavy atom. The predicted molar refractivity (Wildman–Crippen MR) is 122 cm³/mol. The molecule has 1 aromatic heterocycles. The molecule has 1 amide bonds. The van der Waals surface area contributed by atoms with Crippen LogP contribution in [0.2, 0.25) is 0 Å². The number of aromatic nitrogens is 1. The van der Waals surface area contributed by atoms with Gasteiger partial charge in [-0.25, -0.2) is 0 Å². The van der Waals surface area contributed by atoms with Gasteiger partial charge >= 0.3 is 0 Å². The molecule has 0 atom stereocenters. The van der Waals surface area contributed by atoms with Gasteiger partial charge in [-0.2, -0.15) is 0 Å². The lowest BCUT2D eigenvalue weighted by molar-refractivity contribution is -0.123. The minimum atomic E-state index is 0.0417. The third-order valence-electron chi connectivity index (χ3n) is 6.49. The van der Waals surface area contributed by atoms with Gasteiger partial charge in [-0.3, -0.25) is 14.7 Å². The first-order valence-electron chi connectivity index (χ1n) is 11.4. The molecule has 2 aliphatic rings. The molecule has 30 heavy (non-hydrogen) atoms. The number of piperidine rings is 1. The number of benzene rings is 1. The van der Waals surface area contributed by atoms with Crippen LogP contribution in [0.25, 0.3) is 0 Å². The van der Waals surface area contributed by atoms with Crippen LogP contribution in [-0.4, -0.2) is 48.5 Å². The number of anilines is 2. The van der Waals surface area contributed by atoms with Gasteiger partial charge in [0.25, 0.3) is 0 Å². The van der Waals surface area contributed by atoms with Gasteiger partial charge in [-0.05, 0) is 80.6 Å². The van der Waals surface area contributed by atoms with E-state index in [0.717, 1.165) is 30.4 Å². The quantitative estimate of drug-likeness (QED) is 0.749. The van der Waals surface area contributed by atoms with Gasteiger partial charge in [0.15, 0.2) is 0 Å². The largest absolute Gasteiger partial charge is 0.315 e. The highest BCUT2D eigenvalue weighted by Gasteiger charge is 2.31. The second-order valence-electron chi connectivity index (χ2n) is 9.13. The van der Waals surface area contributed by atoms with E-state index in [1.165, 1.54) is 44.5 Å². The number of carbonyl (C=O) groups excluding carboxylic acids is 1. The Hall–Kier alpha value is -2.24. The molecule has 160 valence electrons. The Bertz CT molecular complexity index is 809. The lowest BCUT2D eigenvalue weighted by Crippen LogP contribution is -2.51. The molecular weight excluding hydrogens is 372 g/mol. The average molecular weight is 407 g/mol. The lowest BCUT2D eigenvalue weighted by Gasteiger charge is -2.33. The van der Waals surface area contributed by atoms with Gasteiger partial charge < -0.3 is 10.2 Å². The van der Waals surface area contributed by atoms with Crippen molar-refractivity contribution in [3.63, 3.8) is 0 Å². The molecule has 2 aromatic rings. The Balaban J connectivity index is 1.44. The number of rotatable bonds is 7. The minimum absolute atomic E-state index is 0.0417. The summed E-state index contributed by atoms with van der Waals surface area (Å²) in [6, 6.07) is 12.5. The van der Waals surface area contributed by atoms with E-state index in [4.69, 9.17) is 0 Å². The van der Waals surface area contributed by atoms with Crippen molar-refractivity contribution in [2.24, 2.45) is 11.8 Å². The van der Waals surface area contributed by atoms with E-state index in [1.807, 2.05) is 17.0 Å². The number of likely N-dealkylation sites (tertiary alicyclic amines) is 1.